The van der Waals surface area contributed by atoms with Crippen molar-refractivity contribution in [3.8, 4) is 17.2 Å². The normalized spacial score (nSPS) is 15.9. The van der Waals surface area contributed by atoms with E-state index in [0.717, 1.165) is 48.0 Å². The lowest BCUT2D eigenvalue weighted by Gasteiger charge is -2.35. The summed E-state index contributed by atoms with van der Waals surface area (Å²) in [6.07, 6.45) is 1.97. The third-order valence-electron chi connectivity index (χ3n) is 6.24. The SMILES string of the molecule is COc1ccc(C=C(C(=O)N2CCN(Cc3ccc4c(c3)OCO4)CC2)c2ccccc2)cc1. The molecule has 1 saturated heterocycles. The number of fused-ring (bicyclic) bond motifs is 1. The number of ether oxygens (including phenoxy) is 3. The van der Waals surface area contributed by atoms with E-state index < -0.39 is 0 Å². The summed E-state index contributed by atoms with van der Waals surface area (Å²) in [7, 11) is 1.65. The molecule has 0 N–H and O–H groups in total. The molecule has 6 nitrogen and oxygen atoms in total. The molecule has 34 heavy (non-hydrogen) atoms. The van der Waals surface area contributed by atoms with Crippen LogP contribution in [0.1, 0.15) is 16.7 Å². The van der Waals surface area contributed by atoms with Gasteiger partial charge >= 0.3 is 0 Å². The van der Waals surface area contributed by atoms with E-state index >= 15 is 0 Å². The predicted octanol–water partition coefficient (Wildman–Crippen LogP) is 4.31. The van der Waals surface area contributed by atoms with E-state index in [1.807, 2.05) is 77.7 Å². The van der Waals surface area contributed by atoms with Crippen LogP contribution < -0.4 is 14.2 Å². The molecule has 174 valence electrons. The highest BCUT2D eigenvalue weighted by atomic mass is 16.7. The van der Waals surface area contributed by atoms with Crippen LogP contribution in [0.2, 0.25) is 0 Å². The largest absolute Gasteiger partial charge is 0.497 e. The summed E-state index contributed by atoms with van der Waals surface area (Å²) in [5.74, 6) is 2.46. The van der Waals surface area contributed by atoms with Crippen molar-refractivity contribution < 1.29 is 19.0 Å². The van der Waals surface area contributed by atoms with Gasteiger partial charge < -0.3 is 19.1 Å². The third-order valence-corrected chi connectivity index (χ3v) is 6.24. The summed E-state index contributed by atoms with van der Waals surface area (Å²) in [5, 5.41) is 0. The molecule has 0 atom stereocenters. The molecule has 5 rings (SSSR count). The molecule has 0 radical (unpaired) electrons. The molecule has 3 aromatic rings. The fraction of sp³-hybridized carbons (Fsp3) is 0.250. The number of carbonyl (C=O) groups is 1. The number of hydrogen-bond donors (Lipinski definition) is 0. The first kappa shape index (κ1) is 22.0. The Morgan fingerprint density at radius 1 is 0.912 bits per heavy atom. The quantitative estimate of drug-likeness (QED) is 0.409. The van der Waals surface area contributed by atoms with Crippen LogP contribution in [0.25, 0.3) is 11.6 Å². The highest BCUT2D eigenvalue weighted by Crippen LogP contribution is 2.33. The maximum atomic E-state index is 13.6. The van der Waals surface area contributed by atoms with Gasteiger partial charge in [0.15, 0.2) is 11.5 Å². The van der Waals surface area contributed by atoms with Gasteiger partial charge in [0.25, 0.3) is 5.91 Å². The average Bonchev–Trinajstić information content (AvgIpc) is 3.36. The van der Waals surface area contributed by atoms with Gasteiger partial charge in [0, 0.05) is 38.3 Å². The number of amides is 1. The second-order valence-corrected chi connectivity index (χ2v) is 8.45. The van der Waals surface area contributed by atoms with Gasteiger partial charge in [0.05, 0.1) is 7.11 Å². The Hall–Kier alpha value is -3.77. The van der Waals surface area contributed by atoms with Crippen LogP contribution in [0.3, 0.4) is 0 Å². The van der Waals surface area contributed by atoms with Crippen LogP contribution in [-0.4, -0.2) is 55.8 Å². The van der Waals surface area contributed by atoms with Crippen molar-refractivity contribution in [3.05, 3.63) is 89.5 Å². The Bertz CT molecular complexity index is 1170. The van der Waals surface area contributed by atoms with Crippen LogP contribution >= 0.6 is 0 Å². The maximum Gasteiger partial charge on any atom is 0.254 e. The van der Waals surface area contributed by atoms with Crippen LogP contribution in [0, 0.1) is 0 Å². The van der Waals surface area contributed by atoms with Crippen molar-refractivity contribution in [1.29, 1.82) is 0 Å². The smallest absolute Gasteiger partial charge is 0.254 e. The van der Waals surface area contributed by atoms with Gasteiger partial charge in [-0.2, -0.15) is 0 Å². The number of nitrogens with zero attached hydrogens (tertiary/aromatic N) is 2. The lowest BCUT2D eigenvalue weighted by molar-refractivity contribution is -0.126. The Morgan fingerprint density at radius 3 is 2.38 bits per heavy atom. The van der Waals surface area contributed by atoms with Gasteiger partial charge in [0.1, 0.15) is 5.75 Å². The lowest BCUT2D eigenvalue weighted by atomic mass is 10.0. The Balaban J connectivity index is 1.28. The highest BCUT2D eigenvalue weighted by molar-refractivity contribution is 6.24. The molecule has 3 aromatic carbocycles. The molecule has 2 heterocycles. The minimum atomic E-state index is 0.0600. The molecule has 1 amide bonds. The Morgan fingerprint density at radius 2 is 1.65 bits per heavy atom. The van der Waals surface area contributed by atoms with Gasteiger partial charge in [-0.25, -0.2) is 0 Å². The number of benzene rings is 3. The van der Waals surface area contributed by atoms with E-state index in [-0.39, 0.29) is 12.7 Å². The van der Waals surface area contributed by atoms with E-state index in [0.29, 0.717) is 18.7 Å². The van der Waals surface area contributed by atoms with Crippen molar-refractivity contribution >= 4 is 17.6 Å². The van der Waals surface area contributed by atoms with Gasteiger partial charge in [-0.05, 0) is 47.0 Å². The molecule has 2 aliphatic rings. The first-order valence-corrected chi connectivity index (χ1v) is 11.5. The van der Waals surface area contributed by atoms with Crippen LogP contribution in [0.15, 0.2) is 72.8 Å². The van der Waals surface area contributed by atoms with Gasteiger partial charge in [-0.15, -0.1) is 0 Å². The van der Waals surface area contributed by atoms with E-state index in [4.69, 9.17) is 14.2 Å². The van der Waals surface area contributed by atoms with E-state index in [9.17, 15) is 4.79 Å². The van der Waals surface area contributed by atoms with Gasteiger partial charge in [-0.3, -0.25) is 9.69 Å². The fourth-order valence-corrected chi connectivity index (χ4v) is 4.33. The number of hydrogen-bond acceptors (Lipinski definition) is 5. The summed E-state index contributed by atoms with van der Waals surface area (Å²) in [6.45, 7) is 4.14. The Kier molecular flexibility index (Phi) is 6.49. The molecule has 6 heteroatoms. The summed E-state index contributed by atoms with van der Waals surface area (Å²) < 4.78 is 16.2. The van der Waals surface area contributed by atoms with E-state index in [1.54, 1.807) is 7.11 Å². The highest BCUT2D eigenvalue weighted by Gasteiger charge is 2.25. The van der Waals surface area contributed by atoms with Crippen LogP contribution in [0.4, 0.5) is 0 Å². The van der Waals surface area contributed by atoms with Crippen molar-refractivity contribution in [2.24, 2.45) is 0 Å². The maximum absolute atomic E-state index is 13.6. The molecule has 0 spiro atoms. The molecule has 0 aromatic heterocycles. The first-order valence-electron chi connectivity index (χ1n) is 11.5. The molecule has 0 bridgehead atoms. The minimum absolute atomic E-state index is 0.0600. The molecule has 1 fully saturated rings. The zero-order valence-electron chi connectivity index (χ0n) is 19.3. The lowest BCUT2D eigenvalue weighted by Crippen LogP contribution is -2.48. The zero-order valence-corrected chi connectivity index (χ0v) is 19.3. The first-order chi connectivity index (χ1) is 16.7. The summed E-state index contributed by atoms with van der Waals surface area (Å²) in [5.41, 5.74) is 3.78. The molecule has 2 aliphatic heterocycles. The van der Waals surface area contributed by atoms with Gasteiger partial charge in [-0.1, -0.05) is 48.5 Å². The van der Waals surface area contributed by atoms with Crippen molar-refractivity contribution in [2.45, 2.75) is 6.54 Å². The summed E-state index contributed by atoms with van der Waals surface area (Å²) in [6, 6.07) is 23.7. The molecule has 0 saturated carbocycles. The fourth-order valence-electron chi connectivity index (χ4n) is 4.33. The molecular weight excluding hydrogens is 428 g/mol. The van der Waals surface area contributed by atoms with Crippen molar-refractivity contribution in [1.82, 2.24) is 9.80 Å². The van der Waals surface area contributed by atoms with Crippen molar-refractivity contribution in [3.63, 3.8) is 0 Å². The summed E-state index contributed by atoms with van der Waals surface area (Å²) in [4.78, 5) is 17.9. The predicted molar refractivity (Wildman–Crippen MR) is 132 cm³/mol. The molecule has 0 aliphatic carbocycles. The zero-order chi connectivity index (χ0) is 23.3. The number of methoxy groups -OCH3 is 1. The number of carbonyl (C=O) groups excluding carboxylic acids is 1. The monoisotopic (exact) mass is 456 g/mol. The number of rotatable bonds is 6. The molecular formula is C28H28N2O4. The standard InChI is InChI=1S/C28H28N2O4/c1-32-24-10-7-21(8-11-24)17-25(23-5-3-2-4-6-23)28(31)30-15-13-29(14-16-30)19-22-9-12-26-27(18-22)34-20-33-26/h2-12,17-18H,13-16,19-20H2,1H3. The number of piperazine rings is 1. The van der Waals surface area contributed by atoms with E-state index in [1.165, 1.54) is 5.56 Å². The average molecular weight is 457 g/mol. The van der Waals surface area contributed by atoms with Crippen LogP contribution in [0.5, 0.6) is 17.2 Å². The summed E-state index contributed by atoms with van der Waals surface area (Å²) >= 11 is 0. The topological polar surface area (TPSA) is 51.2 Å². The Labute approximate surface area is 200 Å². The molecule has 0 unspecified atom stereocenters. The van der Waals surface area contributed by atoms with E-state index in [2.05, 4.69) is 11.0 Å². The second-order valence-electron chi connectivity index (χ2n) is 8.45. The third kappa shape index (κ3) is 4.92. The van der Waals surface area contributed by atoms with Gasteiger partial charge in [0.2, 0.25) is 6.79 Å². The van der Waals surface area contributed by atoms with Crippen molar-refractivity contribution in [2.75, 3.05) is 40.1 Å². The minimum Gasteiger partial charge on any atom is -0.497 e. The second kappa shape index (κ2) is 10.0. The van der Waals surface area contributed by atoms with Crippen LogP contribution in [-0.2, 0) is 11.3 Å².